The summed E-state index contributed by atoms with van der Waals surface area (Å²) in [5.41, 5.74) is 0. The van der Waals surface area contributed by atoms with Gasteiger partial charge in [0.05, 0.1) is 19.5 Å². The van der Waals surface area contributed by atoms with E-state index in [1.165, 1.54) is 11.2 Å². The van der Waals surface area contributed by atoms with E-state index in [2.05, 4.69) is 5.32 Å². The van der Waals surface area contributed by atoms with Crippen LogP contribution in [0.15, 0.2) is 22.8 Å². The first-order valence-corrected chi connectivity index (χ1v) is 6.32. The molecule has 1 fully saturated rings. The molecule has 1 atom stereocenters. The molecular weight excluding hydrogens is 248 g/mol. The largest absolute Gasteiger partial charge is 0.459 e. The number of furan rings is 1. The number of nitrogens with zero attached hydrogens (tertiary/aromatic N) is 1. The lowest BCUT2D eigenvalue weighted by atomic mass is 10.2. The fourth-order valence-corrected chi connectivity index (χ4v) is 1.99. The van der Waals surface area contributed by atoms with Crippen LogP contribution in [0.2, 0.25) is 0 Å². The van der Waals surface area contributed by atoms with Gasteiger partial charge >= 0.3 is 0 Å². The van der Waals surface area contributed by atoms with Crippen LogP contribution in [0, 0.1) is 0 Å². The summed E-state index contributed by atoms with van der Waals surface area (Å²) in [5.74, 6) is -0.240. The number of morpholine rings is 1. The molecule has 0 spiro atoms. The Kier molecular flexibility index (Phi) is 4.21. The molecule has 6 heteroatoms. The highest BCUT2D eigenvalue weighted by Gasteiger charge is 2.34. The maximum absolute atomic E-state index is 12.3. The molecule has 2 amide bonds. The van der Waals surface area contributed by atoms with Crippen molar-refractivity contribution in [3.8, 4) is 0 Å². The van der Waals surface area contributed by atoms with E-state index in [1.54, 1.807) is 12.1 Å². The van der Waals surface area contributed by atoms with Crippen LogP contribution < -0.4 is 5.32 Å². The SMILES string of the molecule is CC(C)NC(=O)C1COCCN1C(=O)c1ccco1. The quantitative estimate of drug-likeness (QED) is 0.871. The van der Waals surface area contributed by atoms with Gasteiger partial charge in [-0.3, -0.25) is 9.59 Å². The second-order valence-electron chi connectivity index (χ2n) is 4.73. The topological polar surface area (TPSA) is 71.8 Å². The zero-order chi connectivity index (χ0) is 13.8. The van der Waals surface area contributed by atoms with Crippen LogP contribution in [0.1, 0.15) is 24.4 Å². The highest BCUT2D eigenvalue weighted by atomic mass is 16.5. The predicted octanol–water partition coefficient (Wildman–Crippen LogP) is 0.645. The summed E-state index contributed by atoms with van der Waals surface area (Å²) < 4.78 is 10.4. The molecule has 1 saturated heterocycles. The first-order chi connectivity index (χ1) is 9.09. The maximum Gasteiger partial charge on any atom is 0.290 e. The smallest absolute Gasteiger partial charge is 0.290 e. The molecule has 0 bridgehead atoms. The lowest BCUT2D eigenvalue weighted by Gasteiger charge is -2.34. The van der Waals surface area contributed by atoms with Gasteiger partial charge in [0.15, 0.2) is 5.76 Å². The van der Waals surface area contributed by atoms with Crippen LogP contribution in [0.5, 0.6) is 0 Å². The number of carbonyl (C=O) groups is 2. The zero-order valence-electron chi connectivity index (χ0n) is 11.1. The minimum Gasteiger partial charge on any atom is -0.459 e. The normalized spacial score (nSPS) is 19.5. The monoisotopic (exact) mass is 266 g/mol. The van der Waals surface area contributed by atoms with Crippen LogP contribution in [-0.4, -0.2) is 48.6 Å². The molecule has 1 unspecified atom stereocenters. The number of hydrogen-bond acceptors (Lipinski definition) is 4. The molecule has 104 valence electrons. The van der Waals surface area contributed by atoms with Gasteiger partial charge in [0, 0.05) is 12.6 Å². The van der Waals surface area contributed by atoms with E-state index in [9.17, 15) is 9.59 Å². The summed E-state index contributed by atoms with van der Waals surface area (Å²) in [5, 5.41) is 2.80. The molecule has 1 aromatic heterocycles. The average Bonchev–Trinajstić information content (AvgIpc) is 2.91. The van der Waals surface area contributed by atoms with Crippen molar-refractivity contribution in [2.75, 3.05) is 19.8 Å². The third kappa shape index (κ3) is 3.14. The number of amides is 2. The minimum atomic E-state index is -0.603. The van der Waals surface area contributed by atoms with E-state index in [4.69, 9.17) is 9.15 Å². The second-order valence-corrected chi connectivity index (χ2v) is 4.73. The third-order valence-corrected chi connectivity index (χ3v) is 2.85. The highest BCUT2D eigenvalue weighted by molar-refractivity contribution is 5.95. The van der Waals surface area contributed by atoms with Gasteiger partial charge in [-0.1, -0.05) is 0 Å². The van der Waals surface area contributed by atoms with E-state index in [0.29, 0.717) is 13.2 Å². The van der Waals surface area contributed by atoms with E-state index >= 15 is 0 Å². The Morgan fingerprint density at radius 1 is 1.47 bits per heavy atom. The number of hydrogen-bond donors (Lipinski definition) is 1. The summed E-state index contributed by atoms with van der Waals surface area (Å²) in [4.78, 5) is 25.8. The maximum atomic E-state index is 12.3. The van der Waals surface area contributed by atoms with Crippen molar-refractivity contribution in [3.05, 3.63) is 24.2 Å². The Labute approximate surface area is 111 Å². The van der Waals surface area contributed by atoms with Crippen LogP contribution >= 0.6 is 0 Å². The van der Waals surface area contributed by atoms with Gasteiger partial charge in [-0.05, 0) is 26.0 Å². The van der Waals surface area contributed by atoms with Crippen molar-refractivity contribution in [1.29, 1.82) is 0 Å². The lowest BCUT2D eigenvalue weighted by Crippen LogP contribution is -2.56. The molecule has 19 heavy (non-hydrogen) atoms. The first-order valence-electron chi connectivity index (χ1n) is 6.32. The summed E-state index contributed by atoms with van der Waals surface area (Å²) in [6.07, 6.45) is 1.44. The van der Waals surface area contributed by atoms with Gasteiger partial charge in [0.1, 0.15) is 6.04 Å². The fraction of sp³-hybridized carbons (Fsp3) is 0.538. The average molecular weight is 266 g/mol. The predicted molar refractivity (Wildman–Crippen MR) is 67.6 cm³/mol. The molecule has 1 aliphatic heterocycles. The molecule has 0 aliphatic carbocycles. The molecule has 0 radical (unpaired) electrons. The van der Waals surface area contributed by atoms with Gasteiger partial charge in [-0.2, -0.15) is 0 Å². The fourth-order valence-electron chi connectivity index (χ4n) is 1.99. The summed E-state index contributed by atoms with van der Waals surface area (Å²) >= 11 is 0. The van der Waals surface area contributed by atoms with Gasteiger partial charge < -0.3 is 19.4 Å². The molecule has 2 heterocycles. The second kappa shape index (κ2) is 5.88. The summed E-state index contributed by atoms with van der Waals surface area (Å²) in [6, 6.07) is 2.66. The summed E-state index contributed by atoms with van der Waals surface area (Å²) in [6.45, 7) is 4.78. The Bertz CT molecular complexity index is 442. The van der Waals surface area contributed by atoms with Crippen molar-refractivity contribution in [1.82, 2.24) is 10.2 Å². The molecule has 1 N–H and O–H groups in total. The molecule has 1 aliphatic rings. The van der Waals surface area contributed by atoms with E-state index < -0.39 is 6.04 Å². The Balaban J connectivity index is 2.12. The minimum absolute atomic E-state index is 0.0231. The van der Waals surface area contributed by atoms with Crippen molar-refractivity contribution >= 4 is 11.8 Å². The Morgan fingerprint density at radius 3 is 2.89 bits per heavy atom. The molecular formula is C13H18N2O4. The number of rotatable bonds is 3. The number of nitrogens with one attached hydrogen (secondary N) is 1. The standard InChI is InChI=1S/C13H18N2O4/c1-9(2)14-12(16)10-8-18-7-5-15(10)13(17)11-4-3-6-19-11/h3-4,6,9-10H,5,7-8H2,1-2H3,(H,14,16). The van der Waals surface area contributed by atoms with Gasteiger partial charge in [0.25, 0.3) is 5.91 Å². The number of carbonyl (C=O) groups excluding carboxylic acids is 2. The molecule has 0 saturated carbocycles. The molecule has 0 aromatic carbocycles. The van der Waals surface area contributed by atoms with Gasteiger partial charge in [-0.15, -0.1) is 0 Å². The number of ether oxygens (including phenoxy) is 1. The van der Waals surface area contributed by atoms with Gasteiger partial charge in [-0.25, -0.2) is 0 Å². The van der Waals surface area contributed by atoms with Crippen molar-refractivity contribution in [2.24, 2.45) is 0 Å². The molecule has 2 rings (SSSR count). The summed E-state index contributed by atoms with van der Waals surface area (Å²) in [7, 11) is 0. The van der Waals surface area contributed by atoms with E-state index in [1.807, 2.05) is 13.8 Å². The van der Waals surface area contributed by atoms with Crippen molar-refractivity contribution in [3.63, 3.8) is 0 Å². The molecule has 1 aromatic rings. The first kappa shape index (κ1) is 13.6. The Hall–Kier alpha value is -1.82. The molecule has 6 nitrogen and oxygen atoms in total. The van der Waals surface area contributed by atoms with Crippen LogP contribution in [0.4, 0.5) is 0 Å². The van der Waals surface area contributed by atoms with Crippen molar-refractivity contribution in [2.45, 2.75) is 25.9 Å². The lowest BCUT2D eigenvalue weighted by molar-refractivity contribution is -0.131. The zero-order valence-corrected chi connectivity index (χ0v) is 11.1. The van der Waals surface area contributed by atoms with Crippen molar-refractivity contribution < 1.29 is 18.7 Å². The van der Waals surface area contributed by atoms with Crippen LogP contribution in [-0.2, 0) is 9.53 Å². The van der Waals surface area contributed by atoms with E-state index in [0.717, 1.165) is 0 Å². The van der Waals surface area contributed by atoms with Gasteiger partial charge in [0.2, 0.25) is 5.91 Å². The highest BCUT2D eigenvalue weighted by Crippen LogP contribution is 2.13. The van der Waals surface area contributed by atoms with Crippen LogP contribution in [0.25, 0.3) is 0 Å². The third-order valence-electron chi connectivity index (χ3n) is 2.85. The van der Waals surface area contributed by atoms with Crippen LogP contribution in [0.3, 0.4) is 0 Å². The van der Waals surface area contributed by atoms with E-state index in [-0.39, 0.29) is 30.2 Å². The Morgan fingerprint density at radius 2 is 2.26 bits per heavy atom.